The van der Waals surface area contributed by atoms with E-state index in [4.69, 9.17) is 3.79 Å². The Hall–Kier alpha value is 1.09. The normalized spacial score (nSPS) is 8.38. The summed E-state index contributed by atoms with van der Waals surface area (Å²) < 4.78 is 4.76. The summed E-state index contributed by atoms with van der Waals surface area (Å²) in [6.45, 7) is 3.07. The molecule has 3 heteroatoms. The van der Waals surface area contributed by atoms with Gasteiger partial charge in [-0.3, -0.25) is 0 Å². The SMILES string of the molecule is CCCCC[O][Al+2].[H-].[H-].[LiH]. The van der Waals surface area contributed by atoms with Crippen LogP contribution in [0.3, 0.4) is 0 Å². The molecule has 0 bridgehead atoms. The van der Waals surface area contributed by atoms with E-state index >= 15 is 0 Å². The summed E-state index contributed by atoms with van der Waals surface area (Å²) in [5.74, 6) is 0. The second-order valence-electron chi connectivity index (χ2n) is 1.58. The molecule has 0 saturated carbocycles. The van der Waals surface area contributed by atoms with E-state index in [9.17, 15) is 0 Å². The van der Waals surface area contributed by atoms with E-state index in [1.165, 1.54) is 19.3 Å². The summed E-state index contributed by atoms with van der Waals surface area (Å²) >= 11 is 2.25. The van der Waals surface area contributed by atoms with Gasteiger partial charge in [-0.2, -0.15) is 0 Å². The Bertz CT molecular complexity index is 38.8. The van der Waals surface area contributed by atoms with Crippen molar-refractivity contribution in [2.24, 2.45) is 0 Å². The van der Waals surface area contributed by atoms with Crippen molar-refractivity contribution in [3.63, 3.8) is 0 Å². The second kappa shape index (κ2) is 11.0. The Morgan fingerprint density at radius 3 is 2.50 bits per heavy atom. The molecule has 0 spiro atoms. The Morgan fingerprint density at radius 2 is 2.12 bits per heavy atom. The van der Waals surface area contributed by atoms with Crippen LogP contribution in [-0.4, -0.2) is 42.1 Å². The summed E-state index contributed by atoms with van der Waals surface area (Å²) in [5, 5.41) is 0. The van der Waals surface area contributed by atoms with Crippen molar-refractivity contribution in [2.45, 2.75) is 26.2 Å². The summed E-state index contributed by atoms with van der Waals surface area (Å²) in [5.41, 5.74) is 0. The summed E-state index contributed by atoms with van der Waals surface area (Å²) in [4.78, 5) is 0. The van der Waals surface area contributed by atoms with Crippen LogP contribution in [0.25, 0.3) is 0 Å². The van der Waals surface area contributed by atoms with Crippen LogP contribution < -0.4 is 0 Å². The quantitative estimate of drug-likeness (QED) is 0.399. The Balaban J connectivity index is -0.0000000600. The molecule has 0 atom stereocenters. The maximum atomic E-state index is 4.76. The number of rotatable bonds is 4. The molecule has 0 aromatic carbocycles. The molecule has 0 heterocycles. The molecule has 0 fully saturated rings. The fourth-order valence-corrected chi connectivity index (χ4v) is 0.602. The van der Waals surface area contributed by atoms with Gasteiger partial charge in [-0.25, -0.2) is 0 Å². The first-order valence-electron chi connectivity index (χ1n) is 2.73. The average molecular weight is 124 g/mol. The predicted octanol–water partition coefficient (Wildman–Crippen LogP) is 0.853. The zero-order chi connectivity index (χ0) is 5.54. The van der Waals surface area contributed by atoms with E-state index in [0.29, 0.717) is 0 Å². The number of hydrogen-bond donors (Lipinski definition) is 0. The first-order chi connectivity index (χ1) is 3.41. The van der Waals surface area contributed by atoms with Crippen molar-refractivity contribution in [1.29, 1.82) is 0 Å². The van der Waals surface area contributed by atoms with Gasteiger partial charge in [0.15, 0.2) is 0 Å². The topological polar surface area (TPSA) is 9.23 Å². The van der Waals surface area contributed by atoms with Crippen molar-refractivity contribution in [2.75, 3.05) is 6.61 Å². The van der Waals surface area contributed by atoms with Crippen LogP contribution in [0.4, 0.5) is 0 Å². The molecule has 0 aliphatic heterocycles. The van der Waals surface area contributed by atoms with Crippen molar-refractivity contribution >= 4 is 35.5 Å². The molecule has 0 rings (SSSR count). The van der Waals surface area contributed by atoms with Gasteiger partial charge in [0, 0.05) is 0 Å². The molecule has 0 aromatic heterocycles. The molecule has 0 N–H and O–H groups in total. The van der Waals surface area contributed by atoms with Crippen LogP contribution in [-0.2, 0) is 3.79 Å². The standard InChI is InChI=1S/C5H11O.Al.Li.3H/c1-2-3-4-5-6;;;;;/h2-5H2,1H3;;;;;/q-1;+3;;;2*-1. The van der Waals surface area contributed by atoms with Gasteiger partial charge in [-0.05, 0) is 0 Å². The van der Waals surface area contributed by atoms with Crippen LogP contribution in [0.2, 0.25) is 0 Å². The van der Waals surface area contributed by atoms with E-state index < -0.39 is 0 Å². The molecule has 0 unspecified atom stereocenters. The second-order valence-corrected chi connectivity index (χ2v) is 1.91. The van der Waals surface area contributed by atoms with Gasteiger partial charge in [0.1, 0.15) is 0 Å². The number of unbranched alkanes of at least 4 members (excludes halogenated alkanes) is 2. The van der Waals surface area contributed by atoms with Crippen molar-refractivity contribution in [1.82, 2.24) is 0 Å². The maximum absolute atomic E-state index is 4.76. The van der Waals surface area contributed by atoms with Gasteiger partial charge in [0.05, 0.1) is 0 Å². The Morgan fingerprint density at radius 1 is 1.50 bits per heavy atom. The van der Waals surface area contributed by atoms with Crippen molar-refractivity contribution in [3.05, 3.63) is 0 Å². The van der Waals surface area contributed by atoms with Crippen molar-refractivity contribution in [3.8, 4) is 0 Å². The number of hydrogen-bond acceptors (Lipinski definition) is 1. The minimum atomic E-state index is 0. The van der Waals surface area contributed by atoms with Crippen LogP contribution in [0.15, 0.2) is 0 Å². The molecule has 1 nitrogen and oxygen atoms in total. The molecule has 0 aliphatic carbocycles. The minimum absolute atomic E-state index is 0. The third kappa shape index (κ3) is 10.1. The summed E-state index contributed by atoms with van der Waals surface area (Å²) in [7, 11) is 0. The molecule has 0 radical (unpaired) electrons. The molecule has 8 heavy (non-hydrogen) atoms. The predicted molar refractivity (Wildman–Crippen MR) is 40.6 cm³/mol. The van der Waals surface area contributed by atoms with Gasteiger partial charge < -0.3 is 2.85 Å². The zero-order valence-electron chi connectivity index (χ0n) is 6.81. The molecule has 0 aromatic rings. The molecule has 44 valence electrons. The van der Waals surface area contributed by atoms with Gasteiger partial charge in [0.25, 0.3) is 0 Å². The Labute approximate surface area is 75.1 Å². The van der Waals surface area contributed by atoms with E-state index in [2.05, 4.69) is 23.5 Å². The van der Waals surface area contributed by atoms with Gasteiger partial charge in [0.2, 0.25) is 0 Å². The van der Waals surface area contributed by atoms with Crippen molar-refractivity contribution < 1.29 is 6.64 Å². The van der Waals surface area contributed by atoms with Crippen LogP contribution in [0.5, 0.6) is 0 Å². The summed E-state index contributed by atoms with van der Waals surface area (Å²) in [6.07, 6.45) is 3.75. The van der Waals surface area contributed by atoms with E-state index in [1.807, 2.05) is 0 Å². The third-order valence-electron chi connectivity index (χ3n) is 0.866. The summed E-state index contributed by atoms with van der Waals surface area (Å²) in [6, 6.07) is 0. The van der Waals surface area contributed by atoms with Gasteiger partial charge in [-0.15, -0.1) is 0 Å². The molecule has 0 aliphatic rings. The first-order valence-corrected chi connectivity index (χ1v) is 3.20. The fraction of sp³-hybridized carbons (Fsp3) is 1.00. The third-order valence-corrected chi connectivity index (χ3v) is 1.10. The van der Waals surface area contributed by atoms with Gasteiger partial charge >= 0.3 is 72.1 Å². The van der Waals surface area contributed by atoms with Crippen LogP contribution in [0.1, 0.15) is 29.0 Å². The van der Waals surface area contributed by atoms with Crippen LogP contribution in [0, 0.1) is 0 Å². The van der Waals surface area contributed by atoms with E-state index in [-0.39, 0.29) is 21.7 Å². The zero-order valence-corrected chi connectivity index (χ0v) is 5.97. The van der Waals surface area contributed by atoms with Gasteiger partial charge in [-0.1, -0.05) is 0 Å². The molecule has 0 saturated heterocycles. The first kappa shape index (κ1) is 11.8. The van der Waals surface area contributed by atoms with E-state index in [1.54, 1.807) is 0 Å². The Kier molecular flexibility index (Phi) is 16.2. The fourth-order valence-electron chi connectivity index (χ4n) is 0.435. The average Bonchev–Trinajstić information content (AvgIpc) is 1.69. The van der Waals surface area contributed by atoms with Crippen LogP contribution >= 0.6 is 0 Å². The van der Waals surface area contributed by atoms with E-state index in [0.717, 1.165) is 6.61 Å². The molecule has 0 amide bonds. The monoisotopic (exact) mass is 124 g/mol. The molecular weight excluding hydrogens is 110 g/mol. The molecular formula is C5H14AlLiO.